The molecule has 0 atom stereocenters. The highest BCUT2D eigenvalue weighted by molar-refractivity contribution is 5.73. The molecule has 0 unspecified atom stereocenters. The van der Waals surface area contributed by atoms with Crippen molar-refractivity contribution in [1.29, 1.82) is 0 Å². The predicted molar refractivity (Wildman–Crippen MR) is 57.9 cm³/mol. The zero-order chi connectivity index (χ0) is 9.80. The Morgan fingerprint density at radius 1 is 1.21 bits per heavy atom. The van der Waals surface area contributed by atoms with Gasteiger partial charge in [0.1, 0.15) is 5.52 Å². The first-order chi connectivity index (χ1) is 6.90. The van der Waals surface area contributed by atoms with E-state index in [9.17, 15) is 0 Å². The van der Waals surface area contributed by atoms with Gasteiger partial charge in [0.15, 0.2) is 5.58 Å². The summed E-state index contributed by atoms with van der Waals surface area (Å²) in [5, 5.41) is 0. The van der Waals surface area contributed by atoms with Crippen molar-refractivity contribution in [1.82, 2.24) is 4.98 Å². The van der Waals surface area contributed by atoms with Crippen LogP contribution in [0.15, 0.2) is 46.9 Å². The fourth-order valence-corrected chi connectivity index (χ4v) is 1.21. The Balaban J connectivity index is 2.35. The monoisotopic (exact) mass is 185 g/mol. The molecule has 70 valence electrons. The van der Waals surface area contributed by atoms with Crippen molar-refractivity contribution in [2.75, 3.05) is 0 Å². The molecule has 2 aromatic rings. The first kappa shape index (κ1) is 8.75. The van der Waals surface area contributed by atoms with Crippen LogP contribution in [0.5, 0.6) is 0 Å². The summed E-state index contributed by atoms with van der Waals surface area (Å²) in [4.78, 5) is 4.30. The zero-order valence-corrected chi connectivity index (χ0v) is 7.97. The highest BCUT2D eigenvalue weighted by Gasteiger charge is 1.99. The molecule has 1 aromatic carbocycles. The number of para-hydroxylation sites is 2. The van der Waals surface area contributed by atoms with E-state index < -0.39 is 0 Å². The van der Waals surface area contributed by atoms with Gasteiger partial charge in [-0.2, -0.15) is 0 Å². The Hall–Kier alpha value is -1.83. The van der Waals surface area contributed by atoms with Crippen LogP contribution in [0.25, 0.3) is 17.2 Å². The summed E-state index contributed by atoms with van der Waals surface area (Å²) in [6, 6.07) is 7.73. The minimum absolute atomic E-state index is 0.643. The molecule has 0 bridgehead atoms. The lowest BCUT2D eigenvalue weighted by Gasteiger charge is -1.80. The van der Waals surface area contributed by atoms with Gasteiger partial charge < -0.3 is 4.42 Å². The molecule has 0 spiro atoms. The van der Waals surface area contributed by atoms with E-state index in [0.29, 0.717) is 5.89 Å². The van der Waals surface area contributed by atoms with E-state index in [-0.39, 0.29) is 0 Å². The molecule has 0 saturated carbocycles. The third-order valence-electron chi connectivity index (χ3n) is 1.85. The minimum atomic E-state index is 0.643. The third-order valence-corrected chi connectivity index (χ3v) is 1.85. The number of aromatic nitrogens is 1. The Kier molecular flexibility index (Phi) is 2.45. The molecule has 2 heteroatoms. The summed E-state index contributed by atoms with van der Waals surface area (Å²) in [5.74, 6) is 0.643. The second kappa shape index (κ2) is 3.92. The van der Waals surface area contributed by atoms with Crippen LogP contribution in [0.2, 0.25) is 0 Å². The Morgan fingerprint density at radius 2 is 2.07 bits per heavy atom. The normalized spacial score (nSPS) is 12.1. The molecule has 1 aromatic heterocycles. The lowest BCUT2D eigenvalue weighted by atomic mass is 10.3. The van der Waals surface area contributed by atoms with Gasteiger partial charge in [-0.25, -0.2) is 4.98 Å². The van der Waals surface area contributed by atoms with Gasteiger partial charge in [-0.3, -0.25) is 0 Å². The molecular formula is C12H11NO. The van der Waals surface area contributed by atoms with Crippen molar-refractivity contribution in [3.8, 4) is 0 Å². The van der Waals surface area contributed by atoms with Crippen LogP contribution in [0, 0.1) is 0 Å². The first-order valence-corrected chi connectivity index (χ1v) is 4.55. The topological polar surface area (TPSA) is 26.0 Å². The first-order valence-electron chi connectivity index (χ1n) is 4.55. The number of allylic oxidation sites excluding steroid dienone is 3. The molecule has 0 radical (unpaired) electrons. The second-order valence-electron chi connectivity index (χ2n) is 2.90. The number of oxazole rings is 1. The highest BCUT2D eigenvalue weighted by Crippen LogP contribution is 2.15. The Morgan fingerprint density at radius 3 is 2.86 bits per heavy atom. The SMILES string of the molecule is C/C=C/C=C/c1nc2ccccc2o1. The number of hydrogen-bond donors (Lipinski definition) is 0. The summed E-state index contributed by atoms with van der Waals surface area (Å²) in [7, 11) is 0. The van der Waals surface area contributed by atoms with Crippen LogP contribution >= 0.6 is 0 Å². The van der Waals surface area contributed by atoms with Crippen molar-refractivity contribution in [3.05, 3.63) is 48.4 Å². The summed E-state index contributed by atoms with van der Waals surface area (Å²) in [5.41, 5.74) is 1.72. The van der Waals surface area contributed by atoms with Crippen molar-refractivity contribution in [3.63, 3.8) is 0 Å². The summed E-state index contributed by atoms with van der Waals surface area (Å²) in [6.45, 7) is 1.97. The molecule has 0 aliphatic heterocycles. The average molecular weight is 185 g/mol. The van der Waals surface area contributed by atoms with Crippen LogP contribution in [0.4, 0.5) is 0 Å². The van der Waals surface area contributed by atoms with Crippen molar-refractivity contribution >= 4 is 17.2 Å². The Labute approximate surface area is 82.6 Å². The van der Waals surface area contributed by atoms with E-state index in [1.54, 1.807) is 0 Å². The van der Waals surface area contributed by atoms with Crippen LogP contribution in [-0.4, -0.2) is 4.98 Å². The van der Waals surface area contributed by atoms with Crippen molar-refractivity contribution in [2.24, 2.45) is 0 Å². The van der Waals surface area contributed by atoms with Gasteiger partial charge in [0.25, 0.3) is 0 Å². The van der Waals surface area contributed by atoms with Crippen molar-refractivity contribution < 1.29 is 4.42 Å². The van der Waals surface area contributed by atoms with E-state index in [1.165, 1.54) is 0 Å². The maximum absolute atomic E-state index is 5.48. The molecule has 0 fully saturated rings. The molecule has 0 aliphatic rings. The summed E-state index contributed by atoms with van der Waals surface area (Å²) in [6.07, 6.45) is 7.65. The van der Waals surface area contributed by atoms with Crippen LogP contribution in [-0.2, 0) is 0 Å². The maximum Gasteiger partial charge on any atom is 0.219 e. The number of hydrogen-bond acceptors (Lipinski definition) is 2. The molecule has 14 heavy (non-hydrogen) atoms. The highest BCUT2D eigenvalue weighted by atomic mass is 16.3. The standard InChI is InChI=1S/C12H11NO/c1-2-3-4-9-12-13-10-7-5-6-8-11(10)14-12/h2-9H,1H3/b3-2+,9-4+. The quantitative estimate of drug-likeness (QED) is 0.670. The van der Waals surface area contributed by atoms with Gasteiger partial charge in [0.05, 0.1) is 0 Å². The molecule has 2 nitrogen and oxygen atoms in total. The van der Waals surface area contributed by atoms with Gasteiger partial charge in [-0.1, -0.05) is 30.4 Å². The van der Waals surface area contributed by atoms with Crippen LogP contribution in [0.3, 0.4) is 0 Å². The second-order valence-corrected chi connectivity index (χ2v) is 2.90. The van der Waals surface area contributed by atoms with E-state index >= 15 is 0 Å². The lowest BCUT2D eigenvalue weighted by Crippen LogP contribution is -1.67. The van der Waals surface area contributed by atoms with Gasteiger partial charge >= 0.3 is 0 Å². The number of benzene rings is 1. The molecule has 1 heterocycles. The molecule has 0 N–H and O–H groups in total. The fourth-order valence-electron chi connectivity index (χ4n) is 1.21. The molecular weight excluding hydrogens is 174 g/mol. The predicted octanol–water partition coefficient (Wildman–Crippen LogP) is 3.42. The molecule has 2 rings (SSSR count). The van der Waals surface area contributed by atoms with Gasteiger partial charge in [0.2, 0.25) is 5.89 Å². The molecule has 0 saturated heterocycles. The van der Waals surface area contributed by atoms with Crippen LogP contribution < -0.4 is 0 Å². The van der Waals surface area contributed by atoms with E-state index in [1.807, 2.05) is 55.5 Å². The maximum atomic E-state index is 5.48. The largest absolute Gasteiger partial charge is 0.437 e. The average Bonchev–Trinajstić information content (AvgIpc) is 2.60. The summed E-state index contributed by atoms with van der Waals surface area (Å²) >= 11 is 0. The fraction of sp³-hybridized carbons (Fsp3) is 0.0833. The van der Waals surface area contributed by atoms with Crippen molar-refractivity contribution in [2.45, 2.75) is 6.92 Å². The molecule has 0 amide bonds. The van der Waals surface area contributed by atoms with Gasteiger partial charge in [-0.15, -0.1) is 0 Å². The molecule has 0 aliphatic carbocycles. The van der Waals surface area contributed by atoms with Gasteiger partial charge in [-0.05, 0) is 19.1 Å². The lowest BCUT2D eigenvalue weighted by molar-refractivity contribution is 0.589. The van der Waals surface area contributed by atoms with Crippen LogP contribution in [0.1, 0.15) is 12.8 Å². The third kappa shape index (κ3) is 1.74. The number of nitrogens with zero attached hydrogens (tertiary/aromatic N) is 1. The minimum Gasteiger partial charge on any atom is -0.437 e. The zero-order valence-electron chi connectivity index (χ0n) is 7.97. The van der Waals surface area contributed by atoms with E-state index in [2.05, 4.69) is 4.98 Å². The van der Waals surface area contributed by atoms with Gasteiger partial charge in [0, 0.05) is 6.08 Å². The summed E-state index contributed by atoms with van der Waals surface area (Å²) < 4.78 is 5.48. The number of fused-ring (bicyclic) bond motifs is 1. The van der Waals surface area contributed by atoms with E-state index in [4.69, 9.17) is 4.42 Å². The smallest absolute Gasteiger partial charge is 0.219 e. The van der Waals surface area contributed by atoms with E-state index in [0.717, 1.165) is 11.1 Å². The Bertz CT molecular complexity index is 447. The number of rotatable bonds is 2.